The Labute approximate surface area is 387 Å². The summed E-state index contributed by atoms with van der Waals surface area (Å²) in [5.41, 5.74) is 12.6. The number of para-hydroxylation sites is 8. The second-order valence-corrected chi connectivity index (χ2v) is 21.1. The second-order valence-electron chi connectivity index (χ2n) is 17.9. The molecule has 0 aliphatic carbocycles. The summed E-state index contributed by atoms with van der Waals surface area (Å²) in [5, 5.41) is 8.58. The quantitative estimate of drug-likeness (QED) is 0.161. The number of rotatable bonds is 5. The summed E-state index contributed by atoms with van der Waals surface area (Å²) in [6.45, 7) is 0.00116. The summed E-state index contributed by atoms with van der Waals surface area (Å²) < 4.78 is 22.0. The maximum absolute atomic E-state index is 6.88. The van der Waals surface area contributed by atoms with Crippen molar-refractivity contribution < 1.29 is 9.47 Å². The second kappa shape index (κ2) is 13.8. The van der Waals surface area contributed by atoms with Gasteiger partial charge in [0.25, 0.3) is 6.71 Å². The molecule has 0 bridgehead atoms. The minimum absolute atomic E-state index is 0.00116. The highest BCUT2D eigenvalue weighted by Gasteiger charge is 2.50. The molecule has 0 unspecified atom stereocenters. The molecule has 67 heavy (non-hydrogen) atoms. The van der Waals surface area contributed by atoms with E-state index in [0.717, 1.165) is 50.5 Å². The van der Waals surface area contributed by atoms with Gasteiger partial charge in [-0.1, -0.05) is 164 Å². The molecule has 0 saturated carbocycles. The zero-order valence-corrected chi connectivity index (χ0v) is 37.2. The van der Waals surface area contributed by atoms with E-state index in [0.29, 0.717) is 0 Å². The minimum atomic E-state index is -3.75. The molecule has 5 heterocycles. The Morgan fingerprint density at radius 3 is 1.03 bits per heavy atom. The lowest BCUT2D eigenvalue weighted by molar-refractivity contribution is 0.465. The normalized spacial score (nSPS) is 13.0. The van der Waals surface area contributed by atoms with Gasteiger partial charge in [0.05, 0.1) is 0 Å². The molecule has 2 aliphatic rings. The lowest BCUT2D eigenvalue weighted by atomic mass is 9.35. The topological polar surface area (TPSA) is 33.2 Å². The van der Waals surface area contributed by atoms with Gasteiger partial charge >= 0.3 is 8.56 Å². The van der Waals surface area contributed by atoms with E-state index >= 15 is 0 Å². The van der Waals surface area contributed by atoms with E-state index in [2.05, 4.69) is 243 Å². The van der Waals surface area contributed by atoms with Crippen LogP contribution in [-0.4, -0.2) is 28.0 Å². The van der Waals surface area contributed by atoms with Crippen LogP contribution in [0.1, 0.15) is 0 Å². The first-order chi connectivity index (χ1) is 33.3. The molecule has 5 nitrogen and oxygen atoms in total. The third kappa shape index (κ3) is 4.93. The van der Waals surface area contributed by atoms with Crippen LogP contribution in [0.25, 0.3) is 76.5 Å². The Kier molecular flexibility index (Phi) is 7.55. The van der Waals surface area contributed by atoms with Crippen LogP contribution in [-0.2, 0) is 0 Å². The molecule has 7 heteroatoms. The number of hydrogen-bond acceptors (Lipinski definition) is 2. The fourth-order valence-corrected chi connectivity index (χ4v) is 17.2. The SMILES string of the molecule is c1cc(-c2cc3c4c(c2)Oc2ccccc2B4c2ccccc2O3)cc([Si](n2c3ccccc3c3ccccc32)(n2c3ccccc3c3ccccc32)n2c3ccccc3c3ccccc32)c1. The van der Waals surface area contributed by atoms with Gasteiger partial charge in [0.1, 0.15) is 23.0 Å². The number of fused-ring (bicyclic) bond motifs is 13. The van der Waals surface area contributed by atoms with E-state index in [4.69, 9.17) is 9.47 Å². The summed E-state index contributed by atoms with van der Waals surface area (Å²) in [7, 11) is -3.75. The Morgan fingerprint density at radius 2 is 0.642 bits per heavy atom. The molecule has 15 rings (SSSR count). The molecule has 0 fully saturated rings. The minimum Gasteiger partial charge on any atom is -0.458 e. The third-order valence-electron chi connectivity index (χ3n) is 14.6. The highest BCUT2D eigenvalue weighted by molar-refractivity contribution is 6.98. The summed E-state index contributed by atoms with van der Waals surface area (Å²) in [5.74, 6) is 3.41. The molecular formula is C60H38BN3O2Si. The number of hydrogen-bond donors (Lipinski definition) is 0. The van der Waals surface area contributed by atoms with Crippen molar-refractivity contribution in [3.8, 4) is 34.1 Å². The first kappa shape index (κ1) is 36.8. The van der Waals surface area contributed by atoms with Crippen LogP contribution in [0.3, 0.4) is 0 Å². The monoisotopic (exact) mass is 871 g/mol. The number of nitrogens with zero attached hydrogens (tertiary/aromatic N) is 3. The van der Waals surface area contributed by atoms with Gasteiger partial charge in [-0.25, -0.2) is 0 Å². The van der Waals surface area contributed by atoms with Crippen LogP contribution in [0.5, 0.6) is 23.0 Å². The Hall–Kier alpha value is -8.52. The van der Waals surface area contributed by atoms with Crippen molar-refractivity contribution >= 4 is 102 Å². The summed E-state index contributed by atoms with van der Waals surface area (Å²) in [6.07, 6.45) is 0. The van der Waals surface area contributed by atoms with Gasteiger partial charge in [-0.2, -0.15) is 0 Å². The number of benzene rings is 10. The van der Waals surface area contributed by atoms with Gasteiger partial charge in [-0.3, -0.25) is 0 Å². The van der Waals surface area contributed by atoms with E-state index in [9.17, 15) is 0 Å². The standard InChI is InChI=1S/C60H38BN3O2Si/c1-9-28-50-42(20-1)43-21-2-10-29-51(43)62(50)67(63-52-30-11-3-22-44(52)45-23-4-12-31-53(45)63,64-54-32-13-5-24-46(54)47-25-6-14-33-55(47)64)41-19-17-18-39(36-41)40-37-58-60-59(38-40)66-57-35-16-8-27-49(57)61(60)48-26-7-15-34-56(48)65-58/h1-38H. The Morgan fingerprint density at radius 1 is 0.299 bits per heavy atom. The summed E-state index contributed by atoms with van der Waals surface area (Å²) >= 11 is 0. The summed E-state index contributed by atoms with van der Waals surface area (Å²) in [4.78, 5) is 0. The average Bonchev–Trinajstić information content (AvgIpc) is 4.04. The lowest BCUT2D eigenvalue weighted by Crippen LogP contribution is -2.66. The van der Waals surface area contributed by atoms with Gasteiger partial charge in [0.2, 0.25) is 0 Å². The van der Waals surface area contributed by atoms with Crippen LogP contribution < -0.4 is 31.0 Å². The van der Waals surface area contributed by atoms with Gasteiger partial charge in [-0.15, -0.1) is 0 Å². The van der Waals surface area contributed by atoms with Crippen molar-refractivity contribution in [2.75, 3.05) is 0 Å². The molecule has 0 N–H and O–H groups in total. The van der Waals surface area contributed by atoms with Crippen LogP contribution in [0, 0.1) is 0 Å². The van der Waals surface area contributed by atoms with E-state index in [1.54, 1.807) is 0 Å². The molecule has 2 aliphatic heterocycles. The number of ether oxygens (including phenoxy) is 2. The zero-order chi connectivity index (χ0) is 43.8. The van der Waals surface area contributed by atoms with Crippen molar-refractivity contribution in [1.29, 1.82) is 0 Å². The Bertz CT molecular complexity index is 3720. The van der Waals surface area contributed by atoms with E-state index in [1.807, 2.05) is 0 Å². The highest BCUT2D eigenvalue weighted by Crippen LogP contribution is 2.43. The van der Waals surface area contributed by atoms with Gasteiger partial charge in [0.15, 0.2) is 0 Å². The van der Waals surface area contributed by atoms with Crippen molar-refractivity contribution in [2.45, 2.75) is 0 Å². The molecule has 0 saturated heterocycles. The van der Waals surface area contributed by atoms with Gasteiger partial charge < -0.3 is 22.2 Å². The lowest BCUT2D eigenvalue weighted by Gasteiger charge is -2.39. The number of aromatic nitrogens is 3. The van der Waals surface area contributed by atoms with E-state index < -0.39 is 8.56 Å². The summed E-state index contributed by atoms with van der Waals surface area (Å²) in [6, 6.07) is 84.8. The third-order valence-corrected chi connectivity index (χ3v) is 19.0. The highest BCUT2D eigenvalue weighted by atomic mass is 28.4. The van der Waals surface area contributed by atoms with E-state index in [-0.39, 0.29) is 6.71 Å². The average molecular weight is 872 g/mol. The van der Waals surface area contributed by atoms with Gasteiger partial charge in [0, 0.05) is 76.1 Å². The molecule has 312 valence electrons. The van der Waals surface area contributed by atoms with Crippen LogP contribution >= 0.6 is 0 Å². The van der Waals surface area contributed by atoms with Crippen LogP contribution in [0.2, 0.25) is 0 Å². The first-order valence-electron chi connectivity index (χ1n) is 23.0. The molecule has 13 aromatic rings. The van der Waals surface area contributed by atoms with Crippen LogP contribution in [0.15, 0.2) is 231 Å². The molecular weight excluding hydrogens is 834 g/mol. The van der Waals surface area contributed by atoms with E-state index in [1.165, 1.54) is 70.6 Å². The first-order valence-corrected chi connectivity index (χ1v) is 24.9. The van der Waals surface area contributed by atoms with Gasteiger partial charge in [-0.05, 0) is 88.8 Å². The molecule has 0 amide bonds. The molecule has 0 spiro atoms. The molecule has 0 radical (unpaired) electrons. The predicted octanol–water partition coefficient (Wildman–Crippen LogP) is 12.2. The predicted molar refractivity (Wildman–Crippen MR) is 279 cm³/mol. The fourth-order valence-electron chi connectivity index (χ4n) is 11.9. The van der Waals surface area contributed by atoms with Crippen molar-refractivity contribution in [3.05, 3.63) is 231 Å². The Balaban J connectivity index is 1.12. The molecule has 3 aromatic heterocycles. The molecule has 10 aromatic carbocycles. The maximum atomic E-state index is 6.88. The molecule has 0 atom stereocenters. The van der Waals surface area contributed by atoms with Crippen molar-refractivity contribution in [3.63, 3.8) is 0 Å². The van der Waals surface area contributed by atoms with Crippen molar-refractivity contribution in [1.82, 2.24) is 12.7 Å². The maximum Gasteiger partial charge on any atom is 0.428 e. The fraction of sp³-hybridized carbons (Fsp3) is 0. The largest absolute Gasteiger partial charge is 0.458 e. The van der Waals surface area contributed by atoms with Crippen molar-refractivity contribution in [2.24, 2.45) is 0 Å². The zero-order valence-electron chi connectivity index (χ0n) is 36.2. The van der Waals surface area contributed by atoms with Crippen LogP contribution in [0.4, 0.5) is 0 Å². The smallest absolute Gasteiger partial charge is 0.428 e.